The largest absolute Gasteiger partial charge is 0.501 e. The predicted octanol–water partition coefficient (Wildman–Crippen LogP) is 4.54. The minimum Gasteiger partial charge on any atom is -0.321 e. The zero-order valence-electron chi connectivity index (χ0n) is 11.6. The number of hydrogen-bond acceptors (Lipinski definition) is 3. The molecule has 0 unspecified atom stereocenters. The number of carbonyl (C=O) groups is 1. The Labute approximate surface area is 145 Å². The summed E-state index contributed by atoms with van der Waals surface area (Å²) in [6.07, 6.45) is 0. The maximum absolute atomic E-state index is 12.5. The summed E-state index contributed by atoms with van der Waals surface area (Å²) in [6, 6.07) is 7.70. The summed E-state index contributed by atoms with van der Waals surface area (Å²) in [5, 5.41) is 2.98. The van der Waals surface area contributed by atoms with Gasteiger partial charge in [-0.2, -0.15) is 13.2 Å². The van der Waals surface area contributed by atoms with Gasteiger partial charge >= 0.3 is 5.51 Å². The van der Waals surface area contributed by atoms with Gasteiger partial charge in [-0.15, -0.1) is 0 Å². The molecule has 0 aliphatic carbocycles. The van der Waals surface area contributed by atoms with Gasteiger partial charge in [0.25, 0.3) is 15.7 Å². The normalized spacial score (nSPS) is 12.0. The average Bonchev–Trinajstić information content (AvgIpc) is 2.49. The van der Waals surface area contributed by atoms with E-state index in [2.05, 4.69) is 5.32 Å². The van der Waals surface area contributed by atoms with Crippen LogP contribution in [-0.4, -0.2) is 19.8 Å². The van der Waals surface area contributed by atoms with Crippen LogP contribution in [-0.2, 0) is 9.84 Å². The number of halogens is 5. The molecule has 0 heterocycles. The van der Waals surface area contributed by atoms with E-state index in [-0.39, 0.29) is 16.3 Å². The number of alkyl halides is 3. The molecule has 2 rings (SSSR count). The van der Waals surface area contributed by atoms with E-state index in [1.165, 1.54) is 18.2 Å². The first-order valence-electron chi connectivity index (χ1n) is 6.20. The lowest BCUT2D eigenvalue weighted by molar-refractivity contribution is -0.0436. The van der Waals surface area contributed by atoms with Crippen molar-refractivity contribution in [2.45, 2.75) is 10.4 Å². The van der Waals surface area contributed by atoms with E-state index in [0.717, 1.165) is 12.1 Å². The monoisotopic (exact) mass is 397 g/mol. The molecule has 128 valence electrons. The molecular weight excluding hydrogens is 390 g/mol. The van der Waals surface area contributed by atoms with Gasteiger partial charge in [0.1, 0.15) is 0 Å². The number of sulfone groups is 1. The van der Waals surface area contributed by atoms with Crippen LogP contribution in [0.2, 0.25) is 10.0 Å². The van der Waals surface area contributed by atoms with Gasteiger partial charge in [-0.05, 0) is 42.5 Å². The van der Waals surface area contributed by atoms with Gasteiger partial charge in [-0.25, -0.2) is 8.42 Å². The van der Waals surface area contributed by atoms with Crippen molar-refractivity contribution in [1.82, 2.24) is 0 Å². The molecule has 0 saturated heterocycles. The van der Waals surface area contributed by atoms with Crippen molar-refractivity contribution in [3.63, 3.8) is 0 Å². The third kappa shape index (κ3) is 3.82. The van der Waals surface area contributed by atoms with Crippen molar-refractivity contribution in [3.05, 3.63) is 58.1 Å². The molecule has 2 aromatic rings. The van der Waals surface area contributed by atoms with Gasteiger partial charge in [0.2, 0.25) is 0 Å². The highest BCUT2D eigenvalue weighted by atomic mass is 35.5. The number of amides is 1. The van der Waals surface area contributed by atoms with Gasteiger partial charge in [-0.3, -0.25) is 4.79 Å². The highest BCUT2D eigenvalue weighted by Gasteiger charge is 2.46. The maximum Gasteiger partial charge on any atom is 0.501 e. The highest BCUT2D eigenvalue weighted by Crippen LogP contribution is 2.30. The van der Waals surface area contributed by atoms with Crippen LogP contribution in [0, 0.1) is 0 Å². The summed E-state index contributed by atoms with van der Waals surface area (Å²) < 4.78 is 59.8. The Morgan fingerprint density at radius 2 is 1.58 bits per heavy atom. The Balaban J connectivity index is 2.23. The smallest absolute Gasteiger partial charge is 0.321 e. The van der Waals surface area contributed by atoms with Crippen LogP contribution in [0.4, 0.5) is 18.9 Å². The molecular formula is C14H8Cl2F3NO3S. The van der Waals surface area contributed by atoms with Crippen molar-refractivity contribution in [3.8, 4) is 0 Å². The molecule has 24 heavy (non-hydrogen) atoms. The minimum atomic E-state index is -5.46. The standard InChI is InChI=1S/C14H8Cl2F3NO3S/c15-9-3-6-12(11(16)7-9)20-13(21)8-1-4-10(5-2-8)24(22,23)14(17,18)19/h1-7H,(H,20,21). The predicted molar refractivity (Wildman–Crippen MR) is 84.1 cm³/mol. The molecule has 0 atom stereocenters. The second-order valence-electron chi connectivity index (χ2n) is 4.55. The SMILES string of the molecule is O=C(Nc1ccc(Cl)cc1Cl)c1ccc(S(=O)(=O)C(F)(F)F)cc1. The van der Waals surface area contributed by atoms with E-state index >= 15 is 0 Å². The molecule has 0 fully saturated rings. The first-order chi connectivity index (χ1) is 11.0. The molecule has 10 heteroatoms. The number of anilines is 1. The van der Waals surface area contributed by atoms with Crippen molar-refractivity contribution < 1.29 is 26.4 Å². The second kappa shape index (κ2) is 6.62. The molecule has 0 saturated carbocycles. The van der Waals surface area contributed by atoms with E-state index in [0.29, 0.717) is 17.2 Å². The number of carbonyl (C=O) groups excluding carboxylic acids is 1. The van der Waals surface area contributed by atoms with E-state index in [4.69, 9.17) is 23.2 Å². The molecule has 0 spiro atoms. The number of nitrogens with one attached hydrogen (secondary N) is 1. The van der Waals surface area contributed by atoms with Crippen molar-refractivity contribution in [2.24, 2.45) is 0 Å². The van der Waals surface area contributed by atoms with Gasteiger partial charge in [-0.1, -0.05) is 23.2 Å². The second-order valence-corrected chi connectivity index (χ2v) is 7.34. The number of rotatable bonds is 3. The van der Waals surface area contributed by atoms with Crippen LogP contribution in [0.5, 0.6) is 0 Å². The van der Waals surface area contributed by atoms with Crippen LogP contribution in [0.1, 0.15) is 10.4 Å². The van der Waals surface area contributed by atoms with E-state index in [1.807, 2.05) is 0 Å². The first-order valence-corrected chi connectivity index (χ1v) is 8.44. The van der Waals surface area contributed by atoms with E-state index in [1.54, 1.807) is 0 Å². The van der Waals surface area contributed by atoms with Crippen molar-refractivity contribution >= 4 is 44.6 Å². The fourth-order valence-corrected chi connectivity index (χ4v) is 2.92. The van der Waals surface area contributed by atoms with Gasteiger partial charge < -0.3 is 5.32 Å². The number of hydrogen-bond donors (Lipinski definition) is 1. The van der Waals surface area contributed by atoms with Gasteiger partial charge in [0, 0.05) is 10.6 Å². The third-order valence-corrected chi connectivity index (χ3v) is 4.96. The average molecular weight is 398 g/mol. The van der Waals surface area contributed by atoms with Crippen LogP contribution in [0.25, 0.3) is 0 Å². The highest BCUT2D eigenvalue weighted by molar-refractivity contribution is 7.92. The molecule has 0 aliphatic heterocycles. The van der Waals surface area contributed by atoms with Gasteiger partial charge in [0.05, 0.1) is 15.6 Å². The summed E-state index contributed by atoms with van der Waals surface area (Å²) >= 11 is 11.6. The summed E-state index contributed by atoms with van der Waals surface area (Å²) in [4.78, 5) is 11.1. The molecule has 0 bridgehead atoms. The zero-order chi connectivity index (χ0) is 18.1. The van der Waals surface area contributed by atoms with E-state index in [9.17, 15) is 26.4 Å². The van der Waals surface area contributed by atoms with Crippen molar-refractivity contribution in [2.75, 3.05) is 5.32 Å². The summed E-state index contributed by atoms with van der Waals surface area (Å²) in [6.45, 7) is 0. The van der Waals surface area contributed by atoms with Crippen LogP contribution >= 0.6 is 23.2 Å². The maximum atomic E-state index is 12.5. The number of benzene rings is 2. The van der Waals surface area contributed by atoms with E-state index < -0.39 is 26.1 Å². The summed E-state index contributed by atoms with van der Waals surface area (Å²) in [7, 11) is -5.46. The first kappa shape index (κ1) is 18.6. The minimum absolute atomic E-state index is 0.0397. The molecule has 4 nitrogen and oxygen atoms in total. The van der Waals surface area contributed by atoms with Gasteiger partial charge in [0.15, 0.2) is 0 Å². The topological polar surface area (TPSA) is 63.2 Å². The lowest BCUT2D eigenvalue weighted by Crippen LogP contribution is -2.23. The third-order valence-electron chi connectivity index (χ3n) is 2.91. The molecule has 0 aromatic heterocycles. The molecule has 1 amide bonds. The Morgan fingerprint density at radius 1 is 1.00 bits per heavy atom. The Kier molecular flexibility index (Phi) is 5.12. The zero-order valence-corrected chi connectivity index (χ0v) is 13.9. The van der Waals surface area contributed by atoms with Crippen LogP contribution < -0.4 is 5.32 Å². The molecule has 0 aliphatic rings. The van der Waals surface area contributed by atoms with Crippen LogP contribution in [0.3, 0.4) is 0 Å². The Hall–Kier alpha value is -1.77. The molecule has 1 N–H and O–H groups in total. The summed E-state index contributed by atoms with van der Waals surface area (Å²) in [5.74, 6) is -0.671. The fraction of sp³-hybridized carbons (Fsp3) is 0.0714. The Bertz CT molecular complexity index is 881. The Morgan fingerprint density at radius 3 is 2.08 bits per heavy atom. The summed E-state index contributed by atoms with van der Waals surface area (Å²) in [5.41, 5.74) is -5.20. The molecule has 0 radical (unpaired) electrons. The lowest BCUT2D eigenvalue weighted by Gasteiger charge is -2.10. The lowest BCUT2D eigenvalue weighted by atomic mass is 10.2. The quantitative estimate of drug-likeness (QED) is 0.826. The van der Waals surface area contributed by atoms with Crippen LogP contribution in [0.15, 0.2) is 47.4 Å². The van der Waals surface area contributed by atoms with Crippen molar-refractivity contribution in [1.29, 1.82) is 0 Å². The fourth-order valence-electron chi connectivity index (χ4n) is 1.70. The molecule has 2 aromatic carbocycles.